The van der Waals surface area contributed by atoms with E-state index in [1.807, 2.05) is 0 Å². The van der Waals surface area contributed by atoms with Gasteiger partial charge in [-0.25, -0.2) is 4.39 Å². The van der Waals surface area contributed by atoms with Crippen molar-refractivity contribution in [2.75, 3.05) is 11.4 Å². The number of hydrogen-bond acceptors (Lipinski definition) is 1. The van der Waals surface area contributed by atoms with E-state index in [0.717, 1.165) is 11.3 Å². The summed E-state index contributed by atoms with van der Waals surface area (Å²) in [6.07, 6.45) is 1.96. The number of carbonyl (C=O) groups excluding carboxylic acids is 1. The van der Waals surface area contributed by atoms with Crippen LogP contribution in [-0.2, 0) is 11.2 Å². The van der Waals surface area contributed by atoms with Crippen LogP contribution in [0.2, 0.25) is 0 Å². The molecular formula is C11H10FNO. The highest BCUT2D eigenvalue weighted by Gasteiger charge is 2.26. The number of anilines is 1. The summed E-state index contributed by atoms with van der Waals surface area (Å²) in [4.78, 5) is 13.1. The lowest BCUT2D eigenvalue weighted by atomic mass is 10.1. The fourth-order valence-corrected chi connectivity index (χ4v) is 1.68. The Morgan fingerprint density at radius 2 is 2.36 bits per heavy atom. The molecule has 1 aliphatic rings. The lowest BCUT2D eigenvalue weighted by molar-refractivity contribution is -0.117. The summed E-state index contributed by atoms with van der Waals surface area (Å²) in [6.45, 7) is 4.06. The Labute approximate surface area is 81.6 Å². The molecule has 1 heterocycles. The van der Waals surface area contributed by atoms with Gasteiger partial charge >= 0.3 is 0 Å². The summed E-state index contributed by atoms with van der Waals surface area (Å²) in [5, 5.41) is 0. The lowest BCUT2D eigenvalue weighted by Crippen LogP contribution is -2.26. The maximum atomic E-state index is 12.9. The molecule has 0 unspecified atom stereocenters. The third-order valence-corrected chi connectivity index (χ3v) is 2.29. The van der Waals surface area contributed by atoms with Crippen LogP contribution in [0.3, 0.4) is 0 Å². The van der Waals surface area contributed by atoms with Crippen LogP contribution in [-0.4, -0.2) is 12.5 Å². The van der Waals surface area contributed by atoms with Crippen molar-refractivity contribution in [2.24, 2.45) is 0 Å². The van der Waals surface area contributed by atoms with Gasteiger partial charge in [0, 0.05) is 12.2 Å². The van der Waals surface area contributed by atoms with Crippen molar-refractivity contribution in [3.63, 3.8) is 0 Å². The maximum absolute atomic E-state index is 12.9. The third kappa shape index (κ3) is 1.31. The molecule has 0 saturated heterocycles. The Morgan fingerprint density at radius 3 is 3.07 bits per heavy atom. The van der Waals surface area contributed by atoms with Crippen molar-refractivity contribution in [3.05, 3.63) is 42.2 Å². The van der Waals surface area contributed by atoms with Crippen molar-refractivity contribution < 1.29 is 9.18 Å². The molecule has 2 nitrogen and oxygen atoms in total. The summed E-state index contributed by atoms with van der Waals surface area (Å²) >= 11 is 0. The van der Waals surface area contributed by atoms with E-state index in [1.165, 1.54) is 12.1 Å². The van der Waals surface area contributed by atoms with Crippen molar-refractivity contribution in [2.45, 2.75) is 6.42 Å². The van der Waals surface area contributed by atoms with E-state index in [1.54, 1.807) is 17.0 Å². The summed E-state index contributed by atoms with van der Waals surface area (Å²) in [5.74, 6) is -0.289. The molecule has 1 amide bonds. The molecule has 0 aromatic heterocycles. The largest absolute Gasteiger partial charge is 0.308 e. The summed E-state index contributed by atoms with van der Waals surface area (Å²) in [5.41, 5.74) is 1.56. The van der Waals surface area contributed by atoms with Crippen LogP contribution < -0.4 is 4.90 Å². The molecule has 0 atom stereocenters. The first-order valence-corrected chi connectivity index (χ1v) is 4.42. The van der Waals surface area contributed by atoms with Crippen LogP contribution in [0.1, 0.15) is 5.56 Å². The van der Waals surface area contributed by atoms with E-state index in [9.17, 15) is 9.18 Å². The SMILES string of the molecule is C=CCN1C(=O)Cc2cc(F)ccc21. The highest BCUT2D eigenvalue weighted by molar-refractivity contribution is 6.01. The quantitative estimate of drug-likeness (QED) is 0.654. The number of benzene rings is 1. The van der Waals surface area contributed by atoms with Gasteiger partial charge in [0.15, 0.2) is 0 Å². The zero-order valence-electron chi connectivity index (χ0n) is 7.66. The van der Waals surface area contributed by atoms with Crippen LogP contribution in [0.15, 0.2) is 30.9 Å². The van der Waals surface area contributed by atoms with Crippen molar-refractivity contribution in [1.82, 2.24) is 0 Å². The number of hydrogen-bond donors (Lipinski definition) is 0. The standard InChI is InChI=1S/C11H10FNO/c1-2-5-13-10-4-3-9(12)6-8(10)7-11(13)14/h2-4,6H,1,5,7H2. The summed E-state index contributed by atoms with van der Waals surface area (Å²) < 4.78 is 12.9. The average Bonchev–Trinajstić information content (AvgIpc) is 2.43. The Hall–Kier alpha value is -1.64. The Kier molecular flexibility index (Phi) is 2.08. The maximum Gasteiger partial charge on any atom is 0.231 e. The van der Waals surface area contributed by atoms with E-state index < -0.39 is 0 Å². The zero-order chi connectivity index (χ0) is 10.1. The molecule has 0 saturated carbocycles. The lowest BCUT2D eigenvalue weighted by Gasteiger charge is -2.14. The average molecular weight is 191 g/mol. The van der Waals surface area contributed by atoms with E-state index >= 15 is 0 Å². The fraction of sp³-hybridized carbons (Fsp3) is 0.182. The molecule has 1 aromatic carbocycles. The van der Waals surface area contributed by atoms with Crippen LogP contribution in [0.4, 0.5) is 10.1 Å². The summed E-state index contributed by atoms with van der Waals surface area (Å²) in [6, 6.07) is 4.42. The number of fused-ring (bicyclic) bond motifs is 1. The molecule has 0 fully saturated rings. The van der Waals surface area contributed by atoms with Gasteiger partial charge in [-0.3, -0.25) is 4.79 Å². The molecule has 72 valence electrons. The number of halogens is 1. The topological polar surface area (TPSA) is 20.3 Å². The minimum absolute atomic E-state index is 0.00509. The normalized spacial score (nSPS) is 14.4. The molecular weight excluding hydrogens is 181 g/mol. The van der Waals surface area contributed by atoms with Gasteiger partial charge in [0.25, 0.3) is 0 Å². The number of amides is 1. The second kappa shape index (κ2) is 3.25. The minimum Gasteiger partial charge on any atom is -0.308 e. The molecule has 1 aromatic rings. The predicted molar refractivity (Wildman–Crippen MR) is 52.7 cm³/mol. The molecule has 0 radical (unpaired) electrons. The first-order valence-electron chi connectivity index (χ1n) is 4.42. The molecule has 0 N–H and O–H groups in total. The molecule has 14 heavy (non-hydrogen) atoms. The van der Waals surface area contributed by atoms with Crippen LogP contribution in [0.25, 0.3) is 0 Å². The van der Waals surface area contributed by atoms with Crippen molar-refractivity contribution in [3.8, 4) is 0 Å². The first kappa shape index (κ1) is 8.94. The second-order valence-corrected chi connectivity index (χ2v) is 3.24. The Bertz CT molecular complexity index is 400. The van der Waals surface area contributed by atoms with Gasteiger partial charge in [-0.15, -0.1) is 6.58 Å². The van der Waals surface area contributed by atoms with Gasteiger partial charge < -0.3 is 4.90 Å². The Balaban J connectivity index is 2.42. The van der Waals surface area contributed by atoms with Crippen molar-refractivity contribution >= 4 is 11.6 Å². The van der Waals surface area contributed by atoms with Crippen LogP contribution >= 0.6 is 0 Å². The molecule has 2 rings (SSSR count). The smallest absolute Gasteiger partial charge is 0.231 e. The molecule has 0 spiro atoms. The first-order chi connectivity index (χ1) is 6.72. The second-order valence-electron chi connectivity index (χ2n) is 3.24. The van der Waals surface area contributed by atoms with E-state index in [-0.39, 0.29) is 11.7 Å². The Morgan fingerprint density at radius 1 is 1.57 bits per heavy atom. The molecule has 1 aliphatic heterocycles. The molecule has 0 bridgehead atoms. The highest BCUT2D eigenvalue weighted by Crippen LogP contribution is 2.28. The van der Waals surface area contributed by atoms with Crippen LogP contribution in [0, 0.1) is 5.82 Å². The number of rotatable bonds is 2. The monoisotopic (exact) mass is 191 g/mol. The fourth-order valence-electron chi connectivity index (χ4n) is 1.68. The zero-order valence-corrected chi connectivity index (χ0v) is 7.66. The van der Waals surface area contributed by atoms with Gasteiger partial charge in [-0.05, 0) is 23.8 Å². The van der Waals surface area contributed by atoms with Gasteiger partial charge in [-0.1, -0.05) is 6.08 Å². The molecule has 0 aliphatic carbocycles. The molecule has 3 heteroatoms. The van der Waals surface area contributed by atoms with Crippen LogP contribution in [0.5, 0.6) is 0 Å². The van der Waals surface area contributed by atoms with Gasteiger partial charge in [0.1, 0.15) is 5.82 Å². The third-order valence-electron chi connectivity index (χ3n) is 2.29. The minimum atomic E-state index is -0.294. The van der Waals surface area contributed by atoms with Gasteiger partial charge in [-0.2, -0.15) is 0 Å². The van der Waals surface area contributed by atoms with Gasteiger partial charge in [0.2, 0.25) is 5.91 Å². The van der Waals surface area contributed by atoms with E-state index in [0.29, 0.717) is 13.0 Å². The van der Waals surface area contributed by atoms with E-state index in [4.69, 9.17) is 0 Å². The number of carbonyl (C=O) groups is 1. The highest BCUT2D eigenvalue weighted by atomic mass is 19.1. The predicted octanol–water partition coefficient (Wildman–Crippen LogP) is 1.90. The number of nitrogens with zero attached hydrogens (tertiary/aromatic N) is 1. The van der Waals surface area contributed by atoms with Crippen molar-refractivity contribution in [1.29, 1.82) is 0 Å². The summed E-state index contributed by atoms with van der Waals surface area (Å²) in [7, 11) is 0. The van der Waals surface area contributed by atoms with E-state index in [2.05, 4.69) is 6.58 Å². The van der Waals surface area contributed by atoms with Gasteiger partial charge in [0.05, 0.1) is 6.42 Å².